The molecule has 0 bridgehead atoms. The van der Waals surface area contributed by atoms with Gasteiger partial charge >= 0.3 is 5.97 Å². The Hall–Kier alpha value is -1.65. The Labute approximate surface area is 123 Å². The zero-order chi connectivity index (χ0) is 14.7. The van der Waals surface area contributed by atoms with Gasteiger partial charge in [0, 0.05) is 35.6 Å². The number of aromatic nitrogens is 1. The van der Waals surface area contributed by atoms with Crippen molar-refractivity contribution >= 4 is 28.5 Å². The predicted octanol–water partition coefficient (Wildman–Crippen LogP) is 3.01. The summed E-state index contributed by atoms with van der Waals surface area (Å²) in [6.07, 6.45) is 1.85. The molecule has 0 fully saturated rings. The van der Waals surface area contributed by atoms with Gasteiger partial charge in [-0.3, -0.25) is 9.78 Å². The second kappa shape index (κ2) is 6.20. The number of hydrogen-bond donors (Lipinski definition) is 0. The van der Waals surface area contributed by atoms with Crippen molar-refractivity contribution in [1.82, 2.24) is 9.88 Å². The van der Waals surface area contributed by atoms with Crippen molar-refractivity contribution in [3.05, 3.63) is 40.5 Å². The molecule has 106 valence electrons. The molecule has 0 amide bonds. The third-order valence-electron chi connectivity index (χ3n) is 2.89. The molecule has 20 heavy (non-hydrogen) atoms. The van der Waals surface area contributed by atoms with E-state index in [2.05, 4.69) is 9.88 Å². The van der Waals surface area contributed by atoms with Gasteiger partial charge in [-0.1, -0.05) is 11.6 Å². The van der Waals surface area contributed by atoms with Crippen LogP contribution in [-0.2, 0) is 22.7 Å². The quantitative estimate of drug-likeness (QED) is 0.813. The molecule has 2 rings (SSSR count). The molecule has 0 unspecified atom stereocenters. The highest BCUT2D eigenvalue weighted by Gasteiger charge is 2.10. The average Bonchev–Trinajstić information content (AvgIpc) is 2.36. The molecule has 0 N–H and O–H groups in total. The third-order valence-corrected chi connectivity index (χ3v) is 3.25. The Morgan fingerprint density at radius 3 is 2.80 bits per heavy atom. The molecule has 0 aliphatic rings. The number of nitrogens with zero attached hydrogens (tertiary/aromatic N) is 2. The number of rotatable bonds is 4. The van der Waals surface area contributed by atoms with E-state index in [9.17, 15) is 4.79 Å². The van der Waals surface area contributed by atoms with E-state index in [1.807, 2.05) is 32.4 Å². The van der Waals surface area contributed by atoms with Crippen molar-refractivity contribution in [1.29, 1.82) is 0 Å². The fraction of sp³-hybridized carbons (Fsp3) is 0.333. The fourth-order valence-electron chi connectivity index (χ4n) is 2.05. The lowest BCUT2D eigenvalue weighted by molar-refractivity contribution is -0.142. The van der Waals surface area contributed by atoms with Gasteiger partial charge in [0.05, 0.1) is 5.52 Å². The zero-order valence-corrected chi connectivity index (χ0v) is 12.6. The van der Waals surface area contributed by atoms with Crippen LogP contribution in [-0.4, -0.2) is 29.9 Å². The predicted molar refractivity (Wildman–Crippen MR) is 79.6 cm³/mol. The van der Waals surface area contributed by atoms with Gasteiger partial charge in [0.25, 0.3) is 0 Å². The highest BCUT2D eigenvalue weighted by atomic mass is 35.5. The zero-order valence-electron chi connectivity index (χ0n) is 11.8. The summed E-state index contributed by atoms with van der Waals surface area (Å²) in [4.78, 5) is 17.5. The lowest BCUT2D eigenvalue weighted by atomic mass is 10.1. The molecule has 0 aliphatic heterocycles. The normalized spacial score (nSPS) is 11.1. The van der Waals surface area contributed by atoms with E-state index >= 15 is 0 Å². The lowest BCUT2D eigenvalue weighted by Gasteiger charge is -2.12. The lowest BCUT2D eigenvalue weighted by Crippen LogP contribution is -2.11. The van der Waals surface area contributed by atoms with Crippen LogP contribution >= 0.6 is 11.6 Å². The standard InChI is InChI=1S/C15H17ClN2O2/c1-10(19)20-9-13-12-6-11(8-18(2)3)7-17-15(12)5-4-14(13)16/h4-7H,8-9H2,1-3H3. The van der Waals surface area contributed by atoms with Crippen molar-refractivity contribution in [2.45, 2.75) is 20.1 Å². The third kappa shape index (κ3) is 3.46. The molecule has 0 saturated carbocycles. The topological polar surface area (TPSA) is 42.4 Å². The summed E-state index contributed by atoms with van der Waals surface area (Å²) in [5.41, 5.74) is 2.74. The van der Waals surface area contributed by atoms with Crippen LogP contribution in [0.2, 0.25) is 5.02 Å². The van der Waals surface area contributed by atoms with Crippen LogP contribution in [0.5, 0.6) is 0 Å². The van der Waals surface area contributed by atoms with Gasteiger partial charge in [-0.05, 0) is 37.9 Å². The van der Waals surface area contributed by atoms with E-state index in [1.54, 1.807) is 6.07 Å². The van der Waals surface area contributed by atoms with Crippen molar-refractivity contribution in [2.24, 2.45) is 0 Å². The Balaban J connectivity index is 2.46. The molecular weight excluding hydrogens is 276 g/mol. The van der Waals surface area contributed by atoms with Gasteiger partial charge in [0.2, 0.25) is 0 Å². The van der Waals surface area contributed by atoms with E-state index in [0.29, 0.717) is 5.02 Å². The van der Waals surface area contributed by atoms with Crippen LogP contribution in [0.4, 0.5) is 0 Å². The van der Waals surface area contributed by atoms with Gasteiger partial charge in [-0.25, -0.2) is 0 Å². The largest absolute Gasteiger partial charge is 0.461 e. The van der Waals surface area contributed by atoms with E-state index < -0.39 is 0 Å². The monoisotopic (exact) mass is 292 g/mol. The van der Waals surface area contributed by atoms with E-state index in [-0.39, 0.29) is 12.6 Å². The minimum atomic E-state index is -0.324. The van der Waals surface area contributed by atoms with E-state index in [0.717, 1.165) is 28.6 Å². The smallest absolute Gasteiger partial charge is 0.302 e. The number of fused-ring (bicyclic) bond motifs is 1. The van der Waals surface area contributed by atoms with E-state index in [1.165, 1.54) is 6.92 Å². The Bertz CT molecular complexity index is 641. The summed E-state index contributed by atoms with van der Waals surface area (Å²) >= 11 is 6.22. The average molecular weight is 293 g/mol. The molecule has 1 aromatic carbocycles. The molecule has 1 aromatic heterocycles. The maximum absolute atomic E-state index is 11.0. The van der Waals surface area contributed by atoms with E-state index in [4.69, 9.17) is 16.3 Å². The van der Waals surface area contributed by atoms with Gasteiger partial charge in [-0.15, -0.1) is 0 Å². The summed E-state index contributed by atoms with van der Waals surface area (Å²) in [6.45, 7) is 2.34. The summed E-state index contributed by atoms with van der Waals surface area (Å²) < 4.78 is 5.08. The molecule has 0 atom stereocenters. The minimum Gasteiger partial charge on any atom is -0.461 e. The summed E-state index contributed by atoms with van der Waals surface area (Å²) in [7, 11) is 4.00. The molecule has 0 radical (unpaired) electrons. The van der Waals surface area contributed by atoms with Crippen LogP contribution in [0.25, 0.3) is 10.9 Å². The Morgan fingerprint density at radius 1 is 1.40 bits per heavy atom. The Morgan fingerprint density at radius 2 is 2.15 bits per heavy atom. The number of halogens is 1. The van der Waals surface area contributed by atoms with Gasteiger partial charge in [0.15, 0.2) is 0 Å². The first kappa shape index (κ1) is 14.8. The molecule has 0 spiro atoms. The number of esters is 1. The summed E-state index contributed by atoms with van der Waals surface area (Å²) in [6, 6.07) is 5.70. The number of pyridine rings is 1. The maximum atomic E-state index is 11.0. The number of carbonyl (C=O) groups excluding carboxylic acids is 1. The maximum Gasteiger partial charge on any atom is 0.302 e. The van der Waals surface area contributed by atoms with Crippen molar-refractivity contribution in [2.75, 3.05) is 14.1 Å². The highest BCUT2D eigenvalue weighted by Crippen LogP contribution is 2.26. The molecular formula is C15H17ClN2O2. The number of benzene rings is 1. The SMILES string of the molecule is CC(=O)OCc1c(Cl)ccc2ncc(CN(C)C)cc12. The molecule has 0 aliphatic carbocycles. The second-order valence-electron chi connectivity index (χ2n) is 4.95. The van der Waals surface area contributed by atoms with Crippen molar-refractivity contribution < 1.29 is 9.53 Å². The number of hydrogen-bond acceptors (Lipinski definition) is 4. The Kier molecular flexibility index (Phi) is 4.57. The minimum absolute atomic E-state index is 0.165. The molecule has 4 nitrogen and oxygen atoms in total. The van der Waals surface area contributed by atoms with Crippen LogP contribution < -0.4 is 0 Å². The summed E-state index contributed by atoms with van der Waals surface area (Å²) in [5, 5.41) is 1.51. The first-order valence-electron chi connectivity index (χ1n) is 6.31. The molecule has 2 aromatic rings. The second-order valence-corrected chi connectivity index (χ2v) is 5.36. The number of ether oxygens (including phenoxy) is 1. The first-order chi connectivity index (χ1) is 9.47. The highest BCUT2D eigenvalue weighted by molar-refractivity contribution is 6.32. The molecule has 1 heterocycles. The van der Waals surface area contributed by atoms with Crippen molar-refractivity contribution in [3.63, 3.8) is 0 Å². The summed E-state index contributed by atoms with van der Waals surface area (Å²) in [5.74, 6) is -0.324. The fourth-order valence-corrected chi connectivity index (χ4v) is 2.27. The van der Waals surface area contributed by atoms with Crippen LogP contribution in [0.3, 0.4) is 0 Å². The molecule has 5 heteroatoms. The van der Waals surface area contributed by atoms with Crippen molar-refractivity contribution in [3.8, 4) is 0 Å². The number of carbonyl (C=O) groups is 1. The van der Waals surface area contributed by atoms with Gasteiger partial charge < -0.3 is 9.64 Å². The molecule has 0 saturated heterocycles. The van der Waals surface area contributed by atoms with Crippen LogP contribution in [0.15, 0.2) is 24.4 Å². The first-order valence-corrected chi connectivity index (χ1v) is 6.69. The van der Waals surface area contributed by atoms with Gasteiger partial charge in [-0.2, -0.15) is 0 Å². The van der Waals surface area contributed by atoms with Gasteiger partial charge in [0.1, 0.15) is 6.61 Å². The van der Waals surface area contributed by atoms with Crippen LogP contribution in [0, 0.1) is 0 Å². The van der Waals surface area contributed by atoms with Crippen LogP contribution in [0.1, 0.15) is 18.1 Å².